The fourth-order valence-electron chi connectivity index (χ4n) is 5.56. The Kier molecular flexibility index (Phi) is 10.9. The van der Waals surface area contributed by atoms with Crippen molar-refractivity contribution in [1.29, 1.82) is 0 Å². The predicted octanol–water partition coefficient (Wildman–Crippen LogP) is 3.28. The van der Waals surface area contributed by atoms with Crippen LogP contribution in [0, 0.1) is 0 Å². The Hall–Kier alpha value is -4.54. The van der Waals surface area contributed by atoms with Crippen molar-refractivity contribution in [2.75, 3.05) is 0 Å². The zero-order chi connectivity index (χ0) is 31.6. The quantitative estimate of drug-likeness (QED) is 0.137. The summed E-state index contributed by atoms with van der Waals surface area (Å²) < 4.78 is 5.27. The molecule has 7 N–H and O–H groups in total. The van der Waals surface area contributed by atoms with Gasteiger partial charge in [0.05, 0.1) is 18.2 Å². The molecule has 0 spiro atoms. The molecule has 4 aromatic carbocycles. The topological polar surface area (TPSA) is 146 Å². The number of benzene rings is 4. The molecule has 0 saturated carbocycles. The Morgan fingerprint density at radius 3 is 2.09 bits per heavy atom. The van der Waals surface area contributed by atoms with Gasteiger partial charge in [0.2, 0.25) is 5.91 Å². The highest BCUT2D eigenvalue weighted by Gasteiger charge is 2.36. The normalized spacial score (nSPS) is 17.5. The number of nitrogens with one attached hydrogen (secondary N) is 3. The van der Waals surface area contributed by atoms with Crippen LogP contribution in [-0.4, -0.2) is 46.5 Å². The lowest BCUT2D eigenvalue weighted by atomic mass is 9.95. The van der Waals surface area contributed by atoms with Crippen LogP contribution in [0.1, 0.15) is 39.4 Å². The van der Waals surface area contributed by atoms with E-state index in [0.717, 1.165) is 33.4 Å². The van der Waals surface area contributed by atoms with Crippen molar-refractivity contribution in [3.8, 4) is 0 Å². The Morgan fingerprint density at radius 1 is 0.800 bits per heavy atom. The minimum atomic E-state index is -1.20. The summed E-state index contributed by atoms with van der Waals surface area (Å²) in [4.78, 5) is 25.8. The van der Waals surface area contributed by atoms with Crippen molar-refractivity contribution in [2.24, 2.45) is 5.73 Å². The van der Waals surface area contributed by atoms with Crippen LogP contribution in [-0.2, 0) is 42.1 Å². The smallest absolute Gasteiger partial charge is 0.407 e. The molecule has 0 radical (unpaired) electrons. The van der Waals surface area contributed by atoms with Gasteiger partial charge >= 0.3 is 6.09 Å². The van der Waals surface area contributed by atoms with Gasteiger partial charge in [0.1, 0.15) is 12.6 Å². The fraction of sp³-hybridized carbons (Fsp3) is 0.278. The maximum Gasteiger partial charge on any atom is 0.407 e. The zero-order valence-electron chi connectivity index (χ0n) is 25.0. The van der Waals surface area contributed by atoms with E-state index in [1.165, 1.54) is 0 Å². The predicted molar refractivity (Wildman–Crippen MR) is 172 cm³/mol. The second kappa shape index (κ2) is 15.5. The van der Waals surface area contributed by atoms with Gasteiger partial charge in [0, 0.05) is 25.6 Å². The highest BCUT2D eigenvalue weighted by Crippen LogP contribution is 2.31. The molecule has 9 nitrogen and oxygen atoms in total. The summed E-state index contributed by atoms with van der Waals surface area (Å²) in [6.45, 7) is 0.771. The molecule has 0 fully saturated rings. The van der Waals surface area contributed by atoms with Crippen LogP contribution in [0.3, 0.4) is 0 Å². The minimum Gasteiger partial charge on any atom is -0.445 e. The first kappa shape index (κ1) is 31.9. The van der Waals surface area contributed by atoms with Gasteiger partial charge in [0.25, 0.3) is 0 Å². The van der Waals surface area contributed by atoms with Gasteiger partial charge in [-0.2, -0.15) is 0 Å². The van der Waals surface area contributed by atoms with E-state index in [-0.39, 0.29) is 13.2 Å². The Morgan fingerprint density at radius 2 is 1.40 bits per heavy atom. The largest absolute Gasteiger partial charge is 0.445 e. The van der Waals surface area contributed by atoms with E-state index in [4.69, 9.17) is 10.5 Å². The lowest BCUT2D eigenvalue weighted by Gasteiger charge is -2.30. The maximum atomic E-state index is 13.7. The van der Waals surface area contributed by atoms with Crippen LogP contribution in [0.5, 0.6) is 0 Å². The molecule has 0 aliphatic heterocycles. The number of hydrogen-bond acceptors (Lipinski definition) is 7. The molecule has 45 heavy (non-hydrogen) atoms. The van der Waals surface area contributed by atoms with E-state index in [1.54, 1.807) is 0 Å². The SMILES string of the molecule is N[C@@H](Cc1ccccc1)[C@@H](O)[C@@H](NCc1ccc(CNC(=O)OCc2ccccc2)cc1)C(=O)N[C@H]1c2ccccc2C[C@H]1O. The van der Waals surface area contributed by atoms with Gasteiger partial charge in [-0.1, -0.05) is 109 Å². The molecule has 0 heterocycles. The van der Waals surface area contributed by atoms with Crippen LogP contribution in [0.25, 0.3) is 0 Å². The second-order valence-corrected chi connectivity index (χ2v) is 11.4. The molecular weight excluding hydrogens is 568 g/mol. The summed E-state index contributed by atoms with van der Waals surface area (Å²) in [5.41, 5.74) is 11.9. The number of carbonyl (C=O) groups is 2. The van der Waals surface area contributed by atoms with Gasteiger partial charge in [-0.3, -0.25) is 10.1 Å². The highest BCUT2D eigenvalue weighted by molar-refractivity contribution is 5.83. The van der Waals surface area contributed by atoms with E-state index >= 15 is 0 Å². The van der Waals surface area contributed by atoms with Crippen LogP contribution in [0.2, 0.25) is 0 Å². The summed E-state index contributed by atoms with van der Waals surface area (Å²) >= 11 is 0. The lowest BCUT2D eigenvalue weighted by Crippen LogP contribution is -2.58. The molecule has 0 unspecified atom stereocenters. The molecular formula is C36H40N4O5. The molecule has 2 amide bonds. The third-order valence-electron chi connectivity index (χ3n) is 8.08. The van der Waals surface area contributed by atoms with E-state index in [0.29, 0.717) is 19.4 Å². The van der Waals surface area contributed by atoms with Crippen molar-refractivity contribution >= 4 is 12.0 Å². The molecule has 9 heteroatoms. The molecule has 5 rings (SSSR count). The van der Waals surface area contributed by atoms with Crippen LogP contribution in [0.4, 0.5) is 4.79 Å². The second-order valence-electron chi connectivity index (χ2n) is 11.4. The Labute approximate surface area is 263 Å². The first-order chi connectivity index (χ1) is 21.9. The van der Waals surface area contributed by atoms with E-state index in [9.17, 15) is 19.8 Å². The number of ether oxygens (including phenoxy) is 1. The number of rotatable bonds is 13. The molecule has 0 aromatic heterocycles. The fourth-order valence-corrected chi connectivity index (χ4v) is 5.56. The Balaban J connectivity index is 1.20. The first-order valence-corrected chi connectivity index (χ1v) is 15.2. The standard InChI is InChI=1S/C36H40N4O5/c37-30(19-24-9-3-1-4-10-24)34(42)33(35(43)40-32-29-14-8-7-13-28(29)20-31(32)41)38-21-25-15-17-26(18-16-25)22-39-36(44)45-23-27-11-5-2-6-12-27/h1-18,30-34,38,41-42H,19-23,37H2,(H,39,44)(H,40,43)/t30-,31+,32-,33+,34+/m0/s1. The third-order valence-corrected chi connectivity index (χ3v) is 8.08. The van der Waals surface area contributed by atoms with Gasteiger partial charge in [-0.15, -0.1) is 0 Å². The average Bonchev–Trinajstić information content (AvgIpc) is 3.38. The summed E-state index contributed by atoms with van der Waals surface area (Å²) in [7, 11) is 0. The number of fused-ring (bicyclic) bond motifs is 1. The number of carbonyl (C=O) groups excluding carboxylic acids is 2. The van der Waals surface area contributed by atoms with E-state index in [1.807, 2.05) is 109 Å². The van der Waals surface area contributed by atoms with Crippen molar-refractivity contribution in [2.45, 2.75) is 62.9 Å². The number of amides is 2. The molecule has 234 valence electrons. The Bertz CT molecular complexity index is 1530. The number of alkyl carbamates (subject to hydrolysis) is 1. The van der Waals surface area contributed by atoms with Gasteiger partial charge in [-0.25, -0.2) is 4.79 Å². The number of nitrogens with two attached hydrogens (primary N) is 1. The third kappa shape index (κ3) is 8.77. The summed E-state index contributed by atoms with van der Waals surface area (Å²) in [6, 6.07) is 31.9. The monoisotopic (exact) mass is 608 g/mol. The van der Waals surface area contributed by atoms with Gasteiger partial charge in [0.15, 0.2) is 0 Å². The molecule has 4 aromatic rings. The van der Waals surface area contributed by atoms with Crippen LogP contribution < -0.4 is 21.7 Å². The molecule has 0 saturated heterocycles. The summed E-state index contributed by atoms with van der Waals surface area (Å²) in [5.74, 6) is -0.443. The van der Waals surface area contributed by atoms with E-state index < -0.39 is 42.3 Å². The lowest BCUT2D eigenvalue weighted by molar-refractivity contribution is -0.128. The van der Waals surface area contributed by atoms with Crippen LogP contribution in [0.15, 0.2) is 109 Å². The zero-order valence-corrected chi connectivity index (χ0v) is 25.0. The number of aliphatic hydroxyl groups excluding tert-OH is 2. The maximum absolute atomic E-state index is 13.7. The number of hydrogen-bond donors (Lipinski definition) is 6. The summed E-state index contributed by atoms with van der Waals surface area (Å²) in [5, 5.41) is 31.0. The molecule has 1 aliphatic rings. The molecule has 5 atom stereocenters. The first-order valence-electron chi connectivity index (χ1n) is 15.2. The van der Waals surface area contributed by atoms with Crippen molar-refractivity contribution < 1.29 is 24.5 Å². The highest BCUT2D eigenvalue weighted by atomic mass is 16.5. The van der Waals surface area contributed by atoms with Crippen molar-refractivity contribution in [3.05, 3.63) is 143 Å². The molecule has 0 bridgehead atoms. The number of aliphatic hydroxyl groups is 2. The van der Waals surface area contributed by atoms with Crippen molar-refractivity contribution in [3.63, 3.8) is 0 Å². The van der Waals surface area contributed by atoms with Gasteiger partial charge in [-0.05, 0) is 39.8 Å². The van der Waals surface area contributed by atoms with E-state index in [2.05, 4.69) is 16.0 Å². The van der Waals surface area contributed by atoms with Crippen LogP contribution >= 0.6 is 0 Å². The average molecular weight is 609 g/mol. The van der Waals surface area contributed by atoms with Crippen molar-refractivity contribution in [1.82, 2.24) is 16.0 Å². The minimum absolute atomic E-state index is 0.194. The molecule has 1 aliphatic carbocycles. The summed E-state index contributed by atoms with van der Waals surface area (Å²) in [6.07, 6.45) is -1.64. The van der Waals surface area contributed by atoms with Gasteiger partial charge < -0.3 is 31.3 Å².